The minimum absolute atomic E-state index is 0.0511. The average Bonchev–Trinajstić information content (AvgIpc) is 2.88. The summed E-state index contributed by atoms with van der Waals surface area (Å²) >= 11 is 0. The highest BCUT2D eigenvalue weighted by Crippen LogP contribution is 2.06. The lowest BCUT2D eigenvalue weighted by atomic mass is 10.1. The second-order valence-corrected chi connectivity index (χ2v) is 5.23. The molecule has 2 atom stereocenters. The van der Waals surface area contributed by atoms with Crippen LogP contribution >= 0.6 is 0 Å². The molecule has 4 nitrogen and oxygen atoms in total. The molecule has 18 heavy (non-hydrogen) atoms. The Morgan fingerprint density at radius 1 is 1.44 bits per heavy atom. The van der Waals surface area contributed by atoms with Crippen molar-refractivity contribution in [3.63, 3.8) is 0 Å². The van der Waals surface area contributed by atoms with Crippen molar-refractivity contribution in [2.24, 2.45) is 0 Å². The van der Waals surface area contributed by atoms with Crippen molar-refractivity contribution in [2.45, 2.75) is 58.5 Å². The summed E-state index contributed by atoms with van der Waals surface area (Å²) in [6, 6.07) is 0.339. The minimum atomic E-state index is 0.0511. The van der Waals surface area contributed by atoms with E-state index in [1.807, 2.05) is 0 Å². The number of hydrogen-bond acceptors (Lipinski definition) is 3. The van der Waals surface area contributed by atoms with E-state index in [0.717, 1.165) is 51.9 Å². The van der Waals surface area contributed by atoms with E-state index in [9.17, 15) is 4.79 Å². The van der Waals surface area contributed by atoms with Crippen molar-refractivity contribution in [3.05, 3.63) is 0 Å². The quantitative estimate of drug-likeness (QED) is 0.688. The summed E-state index contributed by atoms with van der Waals surface area (Å²) < 4.78 is 0. The van der Waals surface area contributed by atoms with Crippen LogP contribution in [-0.2, 0) is 4.79 Å². The van der Waals surface area contributed by atoms with Gasteiger partial charge in [0.1, 0.15) is 0 Å². The fraction of sp³-hybridized carbons (Fsp3) is 0.929. The smallest absolute Gasteiger partial charge is 0.237 e. The first kappa shape index (κ1) is 15.4. The van der Waals surface area contributed by atoms with Gasteiger partial charge < -0.3 is 15.5 Å². The lowest BCUT2D eigenvalue weighted by Gasteiger charge is -2.20. The molecule has 1 unspecified atom stereocenters. The van der Waals surface area contributed by atoms with Gasteiger partial charge in [-0.25, -0.2) is 0 Å². The van der Waals surface area contributed by atoms with Gasteiger partial charge in [-0.15, -0.1) is 0 Å². The molecule has 1 aliphatic rings. The van der Waals surface area contributed by atoms with E-state index >= 15 is 0 Å². The zero-order valence-corrected chi connectivity index (χ0v) is 12.2. The minimum Gasteiger partial charge on any atom is -0.352 e. The van der Waals surface area contributed by atoms with Crippen LogP contribution in [0, 0.1) is 0 Å². The van der Waals surface area contributed by atoms with Gasteiger partial charge in [-0.05, 0) is 58.8 Å². The molecular formula is C14H29N3O. The highest BCUT2D eigenvalue weighted by atomic mass is 16.2. The first-order valence-electron chi connectivity index (χ1n) is 7.43. The Morgan fingerprint density at radius 2 is 2.17 bits per heavy atom. The van der Waals surface area contributed by atoms with Gasteiger partial charge in [0.05, 0.1) is 6.04 Å². The number of nitrogens with zero attached hydrogens (tertiary/aromatic N) is 1. The van der Waals surface area contributed by atoms with Crippen LogP contribution in [0.15, 0.2) is 0 Å². The summed E-state index contributed by atoms with van der Waals surface area (Å²) in [6.45, 7) is 10.8. The molecule has 0 spiro atoms. The maximum Gasteiger partial charge on any atom is 0.237 e. The zero-order valence-electron chi connectivity index (χ0n) is 12.2. The summed E-state index contributed by atoms with van der Waals surface area (Å²) in [5.74, 6) is 0.183. The van der Waals surface area contributed by atoms with E-state index in [-0.39, 0.29) is 18.0 Å². The van der Waals surface area contributed by atoms with E-state index in [2.05, 4.69) is 36.3 Å². The topological polar surface area (TPSA) is 44.4 Å². The summed E-state index contributed by atoms with van der Waals surface area (Å²) in [6.07, 6.45) is 4.32. The standard InChI is InChI=1S/C14H29N3O/c1-4-17(5-2)11-7-8-12(3)16-14(18)13-9-6-10-15-13/h12-13,15H,4-11H2,1-3H3,(H,16,18)/t12?,13-/m0/s1. The van der Waals surface area contributed by atoms with Gasteiger partial charge in [0.2, 0.25) is 5.91 Å². The second-order valence-electron chi connectivity index (χ2n) is 5.23. The van der Waals surface area contributed by atoms with Crippen molar-refractivity contribution in [3.8, 4) is 0 Å². The average molecular weight is 255 g/mol. The number of carbonyl (C=O) groups is 1. The van der Waals surface area contributed by atoms with E-state index in [1.54, 1.807) is 0 Å². The van der Waals surface area contributed by atoms with Gasteiger partial charge in [0.25, 0.3) is 0 Å². The molecule has 4 heteroatoms. The van der Waals surface area contributed by atoms with Crippen LogP contribution in [0.1, 0.15) is 46.5 Å². The normalized spacial score (nSPS) is 21.2. The third kappa shape index (κ3) is 5.36. The molecule has 0 radical (unpaired) electrons. The molecule has 1 saturated heterocycles. The lowest BCUT2D eigenvalue weighted by Crippen LogP contribution is -2.44. The van der Waals surface area contributed by atoms with Crippen molar-refractivity contribution in [1.29, 1.82) is 0 Å². The maximum absolute atomic E-state index is 11.9. The third-order valence-electron chi connectivity index (χ3n) is 3.77. The number of rotatable bonds is 8. The summed E-state index contributed by atoms with van der Waals surface area (Å²) in [5, 5.41) is 6.35. The third-order valence-corrected chi connectivity index (χ3v) is 3.77. The largest absolute Gasteiger partial charge is 0.352 e. The first-order chi connectivity index (χ1) is 8.67. The fourth-order valence-corrected chi connectivity index (χ4v) is 2.48. The van der Waals surface area contributed by atoms with Gasteiger partial charge in [0.15, 0.2) is 0 Å². The molecule has 1 fully saturated rings. The van der Waals surface area contributed by atoms with Crippen LogP contribution in [0.25, 0.3) is 0 Å². The Kier molecular flexibility index (Phi) is 7.28. The monoisotopic (exact) mass is 255 g/mol. The Morgan fingerprint density at radius 3 is 2.72 bits per heavy atom. The molecule has 1 aliphatic heterocycles. The van der Waals surface area contributed by atoms with E-state index in [4.69, 9.17) is 0 Å². The number of carbonyl (C=O) groups excluding carboxylic acids is 1. The van der Waals surface area contributed by atoms with Crippen molar-refractivity contribution >= 4 is 5.91 Å². The van der Waals surface area contributed by atoms with Gasteiger partial charge >= 0.3 is 0 Å². The number of nitrogens with one attached hydrogen (secondary N) is 2. The molecule has 106 valence electrons. The Hall–Kier alpha value is -0.610. The first-order valence-corrected chi connectivity index (χ1v) is 7.43. The molecule has 0 aromatic carbocycles. The summed E-state index contributed by atoms with van der Waals surface area (Å²) in [5.41, 5.74) is 0. The summed E-state index contributed by atoms with van der Waals surface area (Å²) in [4.78, 5) is 14.3. The summed E-state index contributed by atoms with van der Waals surface area (Å²) in [7, 11) is 0. The molecule has 1 rings (SSSR count). The molecule has 1 amide bonds. The van der Waals surface area contributed by atoms with Gasteiger partial charge in [0, 0.05) is 6.04 Å². The lowest BCUT2D eigenvalue weighted by molar-refractivity contribution is -0.123. The van der Waals surface area contributed by atoms with Gasteiger partial charge in [-0.2, -0.15) is 0 Å². The predicted octanol–water partition coefficient (Wildman–Crippen LogP) is 1.37. The van der Waals surface area contributed by atoms with Crippen molar-refractivity contribution in [1.82, 2.24) is 15.5 Å². The van der Waals surface area contributed by atoms with Gasteiger partial charge in [-0.3, -0.25) is 4.79 Å². The van der Waals surface area contributed by atoms with E-state index in [0.29, 0.717) is 0 Å². The number of hydrogen-bond donors (Lipinski definition) is 2. The maximum atomic E-state index is 11.9. The van der Waals surface area contributed by atoms with Crippen molar-refractivity contribution < 1.29 is 4.79 Å². The van der Waals surface area contributed by atoms with E-state index < -0.39 is 0 Å². The van der Waals surface area contributed by atoms with Gasteiger partial charge in [-0.1, -0.05) is 13.8 Å². The van der Waals surface area contributed by atoms with Crippen LogP contribution in [0.4, 0.5) is 0 Å². The molecule has 0 aliphatic carbocycles. The highest BCUT2D eigenvalue weighted by molar-refractivity contribution is 5.82. The predicted molar refractivity (Wildman–Crippen MR) is 75.7 cm³/mol. The molecule has 0 aromatic rings. The van der Waals surface area contributed by atoms with Crippen LogP contribution in [0.2, 0.25) is 0 Å². The zero-order chi connectivity index (χ0) is 13.4. The Labute approximate surface area is 111 Å². The molecule has 2 N–H and O–H groups in total. The SMILES string of the molecule is CCN(CC)CCCC(C)NC(=O)[C@@H]1CCCN1. The van der Waals surface area contributed by atoms with Crippen LogP contribution < -0.4 is 10.6 Å². The van der Waals surface area contributed by atoms with Crippen molar-refractivity contribution in [2.75, 3.05) is 26.2 Å². The molecule has 0 saturated carbocycles. The Bertz CT molecular complexity index is 235. The molecule has 0 bridgehead atoms. The van der Waals surface area contributed by atoms with Crippen LogP contribution in [0.5, 0.6) is 0 Å². The fourth-order valence-electron chi connectivity index (χ4n) is 2.48. The number of amides is 1. The highest BCUT2D eigenvalue weighted by Gasteiger charge is 2.22. The molecule has 0 aromatic heterocycles. The van der Waals surface area contributed by atoms with Crippen LogP contribution in [-0.4, -0.2) is 49.1 Å². The van der Waals surface area contributed by atoms with Crippen LogP contribution in [0.3, 0.4) is 0 Å². The second kappa shape index (κ2) is 8.48. The Balaban J connectivity index is 2.12. The molecular weight excluding hydrogens is 226 g/mol. The molecule has 1 heterocycles. The van der Waals surface area contributed by atoms with E-state index in [1.165, 1.54) is 0 Å².